The van der Waals surface area contributed by atoms with Crippen molar-refractivity contribution in [1.82, 2.24) is 10.2 Å². The van der Waals surface area contributed by atoms with Crippen LogP contribution in [0.4, 0.5) is 4.79 Å². The number of amides is 2. The second kappa shape index (κ2) is 7.55. The lowest BCUT2D eigenvalue weighted by molar-refractivity contribution is 0.170. The topological polar surface area (TPSA) is 61.8 Å². The first-order valence-corrected chi connectivity index (χ1v) is 6.00. The number of ether oxygens (including phenoxy) is 1. The first-order valence-electron chi connectivity index (χ1n) is 6.00. The summed E-state index contributed by atoms with van der Waals surface area (Å²) in [5.41, 5.74) is 1.16. The minimum atomic E-state index is -0.237. The molecule has 0 atom stereocenters. The van der Waals surface area contributed by atoms with Gasteiger partial charge in [0.05, 0.1) is 6.61 Å². The molecule has 0 heterocycles. The zero-order valence-electron chi connectivity index (χ0n) is 10.8. The summed E-state index contributed by atoms with van der Waals surface area (Å²) in [5.74, 6) is 0.714. The number of aliphatic hydroxyl groups excluding tert-OH is 1. The Morgan fingerprint density at radius 3 is 2.61 bits per heavy atom. The maximum Gasteiger partial charge on any atom is 0.320 e. The molecule has 0 aliphatic rings. The highest BCUT2D eigenvalue weighted by molar-refractivity contribution is 5.73. The van der Waals surface area contributed by atoms with E-state index in [0.29, 0.717) is 18.8 Å². The molecule has 0 bridgehead atoms. The van der Waals surface area contributed by atoms with Crippen molar-refractivity contribution in [2.45, 2.75) is 13.8 Å². The molecule has 100 valence electrons. The molecule has 0 aromatic heterocycles. The molecule has 1 rings (SSSR count). The Bertz CT molecular complexity index is 365. The summed E-state index contributed by atoms with van der Waals surface area (Å²) < 4.78 is 5.38. The molecule has 2 N–H and O–H groups in total. The molecule has 5 nitrogen and oxygen atoms in total. The number of aryl methyl sites for hydroxylation is 1. The van der Waals surface area contributed by atoms with Crippen LogP contribution < -0.4 is 10.1 Å². The summed E-state index contributed by atoms with van der Waals surface area (Å²) >= 11 is 0. The lowest BCUT2D eigenvalue weighted by Gasteiger charge is -2.20. The zero-order valence-corrected chi connectivity index (χ0v) is 10.8. The van der Waals surface area contributed by atoms with Gasteiger partial charge < -0.3 is 20.1 Å². The van der Waals surface area contributed by atoms with Crippen molar-refractivity contribution < 1.29 is 14.6 Å². The van der Waals surface area contributed by atoms with Crippen LogP contribution in [0.15, 0.2) is 24.3 Å². The Labute approximate surface area is 107 Å². The maximum absolute atomic E-state index is 11.6. The lowest BCUT2D eigenvalue weighted by atomic mass is 10.2. The van der Waals surface area contributed by atoms with E-state index in [1.807, 2.05) is 38.1 Å². The van der Waals surface area contributed by atoms with Crippen LogP contribution in [0, 0.1) is 6.92 Å². The molecular formula is C13H20N2O3. The summed E-state index contributed by atoms with van der Waals surface area (Å²) in [6.45, 7) is 4.81. The van der Waals surface area contributed by atoms with Crippen molar-refractivity contribution in [3.8, 4) is 5.75 Å². The molecule has 1 aromatic rings. The number of aliphatic hydroxyl groups is 1. The van der Waals surface area contributed by atoms with Gasteiger partial charge in [-0.1, -0.05) is 17.7 Å². The standard InChI is InChI=1S/C13H20N2O3/c1-3-15(8-9-16)13(17)14-10-18-12-6-4-11(2)5-7-12/h4-7,16H,3,8-10H2,1-2H3,(H,14,17). The van der Waals surface area contributed by atoms with Crippen LogP contribution in [0.1, 0.15) is 12.5 Å². The predicted molar refractivity (Wildman–Crippen MR) is 69.5 cm³/mol. The van der Waals surface area contributed by atoms with E-state index in [9.17, 15) is 4.79 Å². The monoisotopic (exact) mass is 252 g/mol. The number of hydrogen-bond donors (Lipinski definition) is 2. The molecule has 0 saturated heterocycles. The summed E-state index contributed by atoms with van der Waals surface area (Å²) in [6, 6.07) is 7.36. The molecule has 18 heavy (non-hydrogen) atoms. The number of carbonyl (C=O) groups is 1. The lowest BCUT2D eigenvalue weighted by Crippen LogP contribution is -2.42. The third-order valence-electron chi connectivity index (χ3n) is 2.52. The van der Waals surface area contributed by atoms with Gasteiger partial charge in [-0.3, -0.25) is 0 Å². The van der Waals surface area contributed by atoms with Crippen molar-refractivity contribution in [1.29, 1.82) is 0 Å². The van der Waals surface area contributed by atoms with Crippen LogP contribution in [0.5, 0.6) is 5.75 Å². The quantitative estimate of drug-likeness (QED) is 0.751. The number of rotatable bonds is 6. The summed E-state index contributed by atoms with van der Waals surface area (Å²) in [6.07, 6.45) is 0. The third kappa shape index (κ3) is 4.63. The Morgan fingerprint density at radius 1 is 1.39 bits per heavy atom. The summed E-state index contributed by atoms with van der Waals surface area (Å²) in [4.78, 5) is 13.1. The van der Waals surface area contributed by atoms with Gasteiger partial charge in [0.25, 0.3) is 0 Å². The minimum Gasteiger partial charge on any atom is -0.473 e. The second-order valence-electron chi connectivity index (χ2n) is 3.89. The molecule has 0 aliphatic heterocycles. The van der Waals surface area contributed by atoms with Crippen LogP contribution in [-0.2, 0) is 0 Å². The largest absolute Gasteiger partial charge is 0.473 e. The van der Waals surface area contributed by atoms with Crippen LogP contribution in [0.25, 0.3) is 0 Å². The van der Waals surface area contributed by atoms with Gasteiger partial charge in [0, 0.05) is 13.1 Å². The highest BCUT2D eigenvalue weighted by Gasteiger charge is 2.09. The van der Waals surface area contributed by atoms with Crippen LogP contribution >= 0.6 is 0 Å². The molecule has 0 saturated carbocycles. The molecule has 1 aromatic carbocycles. The fourth-order valence-corrected chi connectivity index (χ4v) is 1.45. The Kier molecular flexibility index (Phi) is 6.00. The van der Waals surface area contributed by atoms with Gasteiger partial charge in [0.2, 0.25) is 0 Å². The number of nitrogens with one attached hydrogen (secondary N) is 1. The van der Waals surface area contributed by atoms with E-state index < -0.39 is 0 Å². The molecular weight excluding hydrogens is 232 g/mol. The number of nitrogens with zero attached hydrogens (tertiary/aromatic N) is 1. The van der Waals surface area contributed by atoms with Crippen molar-refractivity contribution in [2.24, 2.45) is 0 Å². The molecule has 0 radical (unpaired) electrons. The first-order chi connectivity index (χ1) is 8.67. The fraction of sp³-hybridized carbons (Fsp3) is 0.462. The first kappa shape index (κ1) is 14.3. The van der Waals surface area contributed by atoms with E-state index in [0.717, 1.165) is 5.56 Å². The zero-order chi connectivity index (χ0) is 13.4. The van der Waals surface area contributed by atoms with Gasteiger partial charge in [0.15, 0.2) is 6.73 Å². The number of carbonyl (C=O) groups excluding carboxylic acids is 1. The van der Waals surface area contributed by atoms with Crippen molar-refractivity contribution in [3.63, 3.8) is 0 Å². The van der Waals surface area contributed by atoms with E-state index in [2.05, 4.69) is 5.32 Å². The average Bonchev–Trinajstić information content (AvgIpc) is 2.38. The minimum absolute atomic E-state index is 0.0416. The molecule has 0 aliphatic carbocycles. The number of hydrogen-bond acceptors (Lipinski definition) is 3. The van der Waals surface area contributed by atoms with Crippen LogP contribution in [0.2, 0.25) is 0 Å². The molecule has 0 spiro atoms. The number of likely N-dealkylation sites (N-methyl/N-ethyl adjacent to an activating group) is 1. The smallest absolute Gasteiger partial charge is 0.320 e. The average molecular weight is 252 g/mol. The van der Waals surface area contributed by atoms with E-state index in [-0.39, 0.29) is 19.4 Å². The Balaban J connectivity index is 2.32. The van der Waals surface area contributed by atoms with Crippen molar-refractivity contribution in [3.05, 3.63) is 29.8 Å². The van der Waals surface area contributed by atoms with Crippen LogP contribution in [-0.4, -0.2) is 42.5 Å². The van der Waals surface area contributed by atoms with E-state index in [1.54, 1.807) is 0 Å². The SMILES string of the molecule is CCN(CCO)C(=O)NCOc1ccc(C)cc1. The number of benzene rings is 1. The van der Waals surface area contributed by atoms with E-state index >= 15 is 0 Å². The van der Waals surface area contributed by atoms with Crippen molar-refractivity contribution >= 4 is 6.03 Å². The van der Waals surface area contributed by atoms with Gasteiger partial charge >= 0.3 is 6.03 Å². The normalized spacial score (nSPS) is 9.94. The molecule has 0 unspecified atom stereocenters. The number of urea groups is 1. The third-order valence-corrected chi connectivity index (χ3v) is 2.52. The molecule has 2 amide bonds. The van der Waals surface area contributed by atoms with Crippen molar-refractivity contribution in [2.75, 3.05) is 26.4 Å². The van der Waals surface area contributed by atoms with E-state index in [4.69, 9.17) is 9.84 Å². The van der Waals surface area contributed by atoms with E-state index in [1.165, 1.54) is 4.90 Å². The van der Waals surface area contributed by atoms with Gasteiger partial charge in [-0.05, 0) is 26.0 Å². The van der Waals surface area contributed by atoms with Gasteiger partial charge in [-0.25, -0.2) is 4.79 Å². The predicted octanol–water partition coefficient (Wildman–Crippen LogP) is 1.36. The molecule has 5 heteroatoms. The fourth-order valence-electron chi connectivity index (χ4n) is 1.45. The van der Waals surface area contributed by atoms with Gasteiger partial charge in [0.1, 0.15) is 5.75 Å². The molecule has 0 fully saturated rings. The van der Waals surface area contributed by atoms with Crippen LogP contribution in [0.3, 0.4) is 0 Å². The summed E-state index contributed by atoms with van der Waals surface area (Å²) in [5, 5.41) is 11.4. The Morgan fingerprint density at radius 2 is 2.06 bits per heavy atom. The Hall–Kier alpha value is -1.75. The summed E-state index contributed by atoms with van der Waals surface area (Å²) in [7, 11) is 0. The second-order valence-corrected chi connectivity index (χ2v) is 3.89. The van der Waals surface area contributed by atoms with Gasteiger partial charge in [-0.2, -0.15) is 0 Å². The highest BCUT2D eigenvalue weighted by Crippen LogP contribution is 2.10. The van der Waals surface area contributed by atoms with Gasteiger partial charge in [-0.15, -0.1) is 0 Å². The highest BCUT2D eigenvalue weighted by atomic mass is 16.5. The maximum atomic E-state index is 11.6.